The maximum absolute atomic E-state index is 13.3. The number of nitro groups is 1. The van der Waals surface area contributed by atoms with E-state index in [1.54, 1.807) is 0 Å². The van der Waals surface area contributed by atoms with Crippen molar-refractivity contribution in [1.82, 2.24) is 9.97 Å². The Morgan fingerprint density at radius 1 is 1.32 bits per heavy atom. The lowest BCUT2D eigenvalue weighted by Crippen LogP contribution is -2.01. The first-order valence-electron chi connectivity index (χ1n) is 5.04. The molecule has 8 heteroatoms. The second-order valence-electron chi connectivity index (χ2n) is 3.66. The van der Waals surface area contributed by atoms with Gasteiger partial charge in [-0.15, -0.1) is 0 Å². The number of aromatic nitrogens is 2. The van der Waals surface area contributed by atoms with Gasteiger partial charge in [-0.3, -0.25) is 10.1 Å². The van der Waals surface area contributed by atoms with Gasteiger partial charge in [-0.1, -0.05) is 11.6 Å². The van der Waals surface area contributed by atoms with Gasteiger partial charge in [0.15, 0.2) is 5.69 Å². The molecular formula is C11H6Cl2FN3O2. The van der Waals surface area contributed by atoms with Crippen molar-refractivity contribution in [3.8, 4) is 11.3 Å². The molecule has 0 radical (unpaired) electrons. The number of halogens is 3. The second-order valence-corrected chi connectivity index (χ2v) is 4.40. The lowest BCUT2D eigenvalue weighted by Gasteiger charge is -2.07. The molecule has 5 nitrogen and oxygen atoms in total. The van der Waals surface area contributed by atoms with Crippen LogP contribution in [-0.2, 0) is 0 Å². The molecular weight excluding hydrogens is 296 g/mol. The molecule has 0 fully saturated rings. The van der Waals surface area contributed by atoms with Gasteiger partial charge in [0.25, 0.3) is 0 Å². The van der Waals surface area contributed by atoms with Crippen LogP contribution in [0, 0.1) is 22.9 Å². The Bertz CT molecular complexity index is 679. The van der Waals surface area contributed by atoms with Crippen LogP contribution in [0.25, 0.3) is 11.3 Å². The van der Waals surface area contributed by atoms with Gasteiger partial charge in [0.05, 0.1) is 9.95 Å². The van der Waals surface area contributed by atoms with E-state index in [1.807, 2.05) is 0 Å². The minimum Gasteiger partial charge on any atom is -0.258 e. The smallest absolute Gasteiger partial charge is 0.258 e. The molecule has 1 aromatic heterocycles. The molecule has 0 atom stereocenters. The molecule has 0 saturated heterocycles. The molecule has 0 N–H and O–H groups in total. The van der Waals surface area contributed by atoms with E-state index < -0.39 is 10.7 Å². The van der Waals surface area contributed by atoms with E-state index in [1.165, 1.54) is 13.0 Å². The summed E-state index contributed by atoms with van der Waals surface area (Å²) >= 11 is 11.6. The summed E-state index contributed by atoms with van der Waals surface area (Å²) in [6, 6.07) is 3.50. The fraction of sp³-hybridized carbons (Fsp3) is 0.0909. The van der Waals surface area contributed by atoms with Crippen LogP contribution in [0.15, 0.2) is 18.2 Å². The molecule has 0 saturated carbocycles. The van der Waals surface area contributed by atoms with Crippen LogP contribution < -0.4 is 0 Å². The van der Waals surface area contributed by atoms with E-state index in [0.717, 1.165) is 12.1 Å². The summed E-state index contributed by atoms with van der Waals surface area (Å²) in [5.41, 5.74) is -0.273. The van der Waals surface area contributed by atoms with E-state index in [0.29, 0.717) is 0 Å². The summed E-state index contributed by atoms with van der Waals surface area (Å²) in [6.07, 6.45) is 0. The quantitative estimate of drug-likeness (QED) is 0.480. The summed E-state index contributed by atoms with van der Waals surface area (Å²) in [7, 11) is 0. The topological polar surface area (TPSA) is 68.9 Å². The second kappa shape index (κ2) is 5.07. The maximum atomic E-state index is 13.3. The van der Waals surface area contributed by atoms with Crippen molar-refractivity contribution < 1.29 is 9.31 Å². The normalized spacial score (nSPS) is 10.5. The lowest BCUT2D eigenvalue weighted by atomic mass is 10.1. The first-order valence-corrected chi connectivity index (χ1v) is 5.79. The van der Waals surface area contributed by atoms with Gasteiger partial charge in [0.2, 0.25) is 5.28 Å². The fourth-order valence-corrected chi connectivity index (χ4v) is 2.04. The average molecular weight is 302 g/mol. The molecule has 19 heavy (non-hydrogen) atoms. The van der Waals surface area contributed by atoms with E-state index in [9.17, 15) is 14.5 Å². The first kappa shape index (κ1) is 13.6. The van der Waals surface area contributed by atoms with Crippen molar-refractivity contribution in [2.24, 2.45) is 0 Å². The molecule has 2 aromatic rings. The Morgan fingerprint density at radius 2 is 2.00 bits per heavy atom. The van der Waals surface area contributed by atoms with Crippen LogP contribution in [0.3, 0.4) is 0 Å². The van der Waals surface area contributed by atoms with Crippen molar-refractivity contribution >= 4 is 28.9 Å². The van der Waals surface area contributed by atoms with Crippen LogP contribution in [-0.4, -0.2) is 14.9 Å². The molecule has 0 amide bonds. The third-order valence-corrected chi connectivity index (χ3v) is 2.90. The van der Waals surface area contributed by atoms with Gasteiger partial charge in [-0.2, -0.15) is 0 Å². The molecule has 1 aromatic carbocycles. The zero-order valence-electron chi connectivity index (χ0n) is 9.52. The summed E-state index contributed by atoms with van der Waals surface area (Å²) in [5, 5.41) is 11.0. The van der Waals surface area contributed by atoms with E-state index in [-0.39, 0.29) is 32.9 Å². The van der Waals surface area contributed by atoms with Crippen LogP contribution in [0.1, 0.15) is 5.69 Å². The molecule has 0 aliphatic carbocycles. The minimum atomic E-state index is -0.651. The number of benzene rings is 1. The SMILES string of the molecule is Cc1nc(Cl)nc(-c2cc(F)ccc2Cl)c1[N+](=O)[O-]. The van der Waals surface area contributed by atoms with Gasteiger partial charge in [0, 0.05) is 5.56 Å². The van der Waals surface area contributed by atoms with Crippen LogP contribution in [0.4, 0.5) is 10.1 Å². The van der Waals surface area contributed by atoms with Gasteiger partial charge in [-0.05, 0) is 36.7 Å². The highest BCUT2D eigenvalue weighted by Crippen LogP contribution is 2.35. The molecule has 0 unspecified atom stereocenters. The summed E-state index contributed by atoms with van der Waals surface area (Å²) in [5.74, 6) is -0.582. The molecule has 2 rings (SSSR count). The molecule has 0 spiro atoms. The van der Waals surface area contributed by atoms with Crippen molar-refractivity contribution in [2.75, 3.05) is 0 Å². The van der Waals surface area contributed by atoms with E-state index in [2.05, 4.69) is 9.97 Å². The highest BCUT2D eigenvalue weighted by molar-refractivity contribution is 6.33. The number of hydrogen-bond acceptors (Lipinski definition) is 4. The van der Waals surface area contributed by atoms with Crippen LogP contribution >= 0.6 is 23.2 Å². The first-order chi connectivity index (χ1) is 8.90. The Morgan fingerprint density at radius 3 is 2.63 bits per heavy atom. The monoisotopic (exact) mass is 301 g/mol. The van der Waals surface area contributed by atoms with Gasteiger partial charge in [-0.25, -0.2) is 14.4 Å². The van der Waals surface area contributed by atoms with Crippen molar-refractivity contribution in [2.45, 2.75) is 6.92 Å². The number of rotatable bonds is 2. The zero-order valence-corrected chi connectivity index (χ0v) is 11.0. The molecule has 98 valence electrons. The Balaban J connectivity index is 2.81. The standard InChI is InChI=1S/C11H6Cl2FN3O2/c1-5-10(17(18)19)9(16-11(13)15-5)7-4-6(14)2-3-8(7)12/h2-4H,1H3. The molecule has 0 aliphatic rings. The third-order valence-electron chi connectivity index (χ3n) is 2.40. The predicted octanol–water partition coefficient (Wildman–Crippen LogP) is 3.81. The molecule has 1 heterocycles. The summed E-state index contributed by atoms with van der Waals surface area (Å²) < 4.78 is 13.3. The average Bonchev–Trinajstić information content (AvgIpc) is 2.30. The largest absolute Gasteiger partial charge is 0.316 e. The molecule has 0 bridgehead atoms. The fourth-order valence-electron chi connectivity index (χ4n) is 1.62. The van der Waals surface area contributed by atoms with Crippen LogP contribution in [0.2, 0.25) is 10.3 Å². The minimum absolute atomic E-state index is 0.0836. The van der Waals surface area contributed by atoms with Crippen molar-refractivity contribution in [3.05, 3.63) is 50.1 Å². The maximum Gasteiger partial charge on any atom is 0.316 e. The van der Waals surface area contributed by atoms with Gasteiger partial charge in [0.1, 0.15) is 11.5 Å². The van der Waals surface area contributed by atoms with Crippen LogP contribution in [0.5, 0.6) is 0 Å². The van der Waals surface area contributed by atoms with Crippen molar-refractivity contribution in [1.29, 1.82) is 0 Å². The highest BCUT2D eigenvalue weighted by atomic mass is 35.5. The third kappa shape index (κ3) is 2.64. The summed E-state index contributed by atoms with van der Waals surface area (Å²) in [6.45, 7) is 1.42. The molecule has 0 aliphatic heterocycles. The Hall–Kier alpha value is -1.79. The Labute approximate surface area is 117 Å². The van der Waals surface area contributed by atoms with Crippen molar-refractivity contribution in [3.63, 3.8) is 0 Å². The predicted molar refractivity (Wildman–Crippen MR) is 68.8 cm³/mol. The summed E-state index contributed by atoms with van der Waals surface area (Å²) in [4.78, 5) is 17.9. The van der Waals surface area contributed by atoms with E-state index >= 15 is 0 Å². The number of hydrogen-bond donors (Lipinski definition) is 0. The highest BCUT2D eigenvalue weighted by Gasteiger charge is 2.24. The number of aryl methyl sites for hydroxylation is 1. The van der Waals surface area contributed by atoms with Gasteiger partial charge >= 0.3 is 5.69 Å². The van der Waals surface area contributed by atoms with Gasteiger partial charge < -0.3 is 0 Å². The lowest BCUT2D eigenvalue weighted by molar-refractivity contribution is -0.385. The zero-order chi connectivity index (χ0) is 14.2. The number of nitrogens with zero attached hydrogens (tertiary/aromatic N) is 3. The Kier molecular flexibility index (Phi) is 3.64. The van der Waals surface area contributed by atoms with E-state index in [4.69, 9.17) is 23.2 Å².